The molecule has 0 fully saturated rings. The summed E-state index contributed by atoms with van der Waals surface area (Å²) in [5.41, 5.74) is 0.961. The molecule has 0 aliphatic heterocycles. The van der Waals surface area contributed by atoms with Crippen LogP contribution in [0.4, 0.5) is 0 Å². The fourth-order valence-electron chi connectivity index (χ4n) is 1.77. The Morgan fingerprint density at radius 3 is 2.89 bits per heavy atom. The Balaban J connectivity index is 1.89. The molecule has 0 unspecified atom stereocenters. The molecule has 0 saturated carbocycles. The molecule has 7 heteroatoms. The number of nitrogens with zero attached hydrogens (tertiary/aromatic N) is 3. The predicted molar refractivity (Wildman–Crippen MR) is 69.0 cm³/mol. The molecule has 0 bridgehead atoms. The summed E-state index contributed by atoms with van der Waals surface area (Å²) in [6.07, 6.45) is 7.80. The zero-order chi connectivity index (χ0) is 13.7. The average molecular weight is 282 g/mol. The molecule has 2 aromatic rings. The number of imidazole rings is 1. The van der Waals surface area contributed by atoms with Crippen molar-refractivity contribution in [2.45, 2.75) is 19.5 Å². The maximum absolute atomic E-state index is 10.6. The Bertz CT molecular complexity index is 623. The van der Waals surface area contributed by atoms with Gasteiger partial charge in [-0.25, -0.2) is 9.13 Å². The summed E-state index contributed by atoms with van der Waals surface area (Å²) >= 11 is 0. The summed E-state index contributed by atoms with van der Waals surface area (Å²) in [6.45, 7) is 1.22. The van der Waals surface area contributed by atoms with Crippen molar-refractivity contribution in [2.75, 3.05) is 5.75 Å². The van der Waals surface area contributed by atoms with Gasteiger partial charge in [-0.3, -0.25) is 9.54 Å². The molecule has 6 nitrogen and oxygen atoms in total. The third-order valence-electron chi connectivity index (χ3n) is 2.64. The van der Waals surface area contributed by atoms with E-state index in [1.54, 1.807) is 6.20 Å². The summed E-state index contributed by atoms with van der Waals surface area (Å²) < 4.78 is 33.7. The first-order valence-corrected chi connectivity index (χ1v) is 7.54. The first kappa shape index (κ1) is 13.7. The van der Waals surface area contributed by atoms with E-state index in [1.165, 1.54) is 0 Å². The molecule has 0 aromatic carbocycles. The largest absolute Gasteiger partial charge is 0.286 e. The first-order valence-electron chi connectivity index (χ1n) is 5.93. The fourth-order valence-corrected chi connectivity index (χ4v) is 2.27. The molecule has 0 aliphatic carbocycles. The number of hydrogen-bond donors (Lipinski definition) is 1. The second-order valence-corrected chi connectivity index (χ2v) is 5.86. The highest BCUT2D eigenvalue weighted by Crippen LogP contribution is 1.96. The lowest BCUT2D eigenvalue weighted by atomic mass is 10.3. The fraction of sp³-hybridized carbons (Fsp3) is 0.333. The van der Waals surface area contributed by atoms with Gasteiger partial charge in [0.05, 0.1) is 18.0 Å². The number of aromatic nitrogens is 3. The molecular formula is C12H16N3O3S+. The first-order chi connectivity index (χ1) is 9.03. The molecule has 1 N–H and O–H groups in total. The average Bonchev–Trinajstić information content (AvgIpc) is 2.76. The Morgan fingerprint density at radius 1 is 1.37 bits per heavy atom. The summed E-state index contributed by atoms with van der Waals surface area (Å²) in [5.74, 6) is -0.217. The molecule has 2 rings (SSSR count). The minimum Gasteiger partial charge on any atom is -0.286 e. The molecule has 0 spiro atoms. The molecular weight excluding hydrogens is 266 g/mol. The van der Waals surface area contributed by atoms with Crippen LogP contribution in [0, 0.1) is 0 Å². The van der Waals surface area contributed by atoms with Crippen molar-refractivity contribution < 1.29 is 17.5 Å². The Morgan fingerprint density at radius 2 is 2.21 bits per heavy atom. The lowest BCUT2D eigenvalue weighted by Crippen LogP contribution is -2.32. The summed E-state index contributed by atoms with van der Waals surface area (Å²) in [5, 5.41) is 0. The van der Waals surface area contributed by atoms with E-state index in [0.29, 0.717) is 19.5 Å². The van der Waals surface area contributed by atoms with Gasteiger partial charge in [0.2, 0.25) is 6.33 Å². The lowest BCUT2D eigenvalue weighted by Gasteiger charge is -1.96. The highest BCUT2D eigenvalue weighted by Gasteiger charge is 2.08. The van der Waals surface area contributed by atoms with Gasteiger partial charge in [0.25, 0.3) is 10.1 Å². The molecule has 0 aliphatic rings. The van der Waals surface area contributed by atoms with Gasteiger partial charge < -0.3 is 0 Å². The van der Waals surface area contributed by atoms with Gasteiger partial charge in [0.1, 0.15) is 18.9 Å². The van der Waals surface area contributed by atoms with Crippen molar-refractivity contribution in [2.24, 2.45) is 0 Å². The van der Waals surface area contributed by atoms with Crippen molar-refractivity contribution in [1.82, 2.24) is 9.55 Å². The highest BCUT2D eigenvalue weighted by atomic mass is 32.2. The van der Waals surface area contributed by atoms with Crippen LogP contribution in [0.25, 0.3) is 0 Å². The van der Waals surface area contributed by atoms with Crippen LogP contribution in [0.1, 0.15) is 12.1 Å². The number of aryl methyl sites for hydroxylation is 1. The molecule has 0 amide bonds. The van der Waals surface area contributed by atoms with Crippen LogP contribution in [0.3, 0.4) is 0 Å². The van der Waals surface area contributed by atoms with Crippen molar-refractivity contribution in [3.63, 3.8) is 0 Å². The maximum Gasteiger partial charge on any atom is 0.265 e. The van der Waals surface area contributed by atoms with Crippen LogP contribution < -0.4 is 4.57 Å². The molecule has 19 heavy (non-hydrogen) atoms. The van der Waals surface area contributed by atoms with E-state index >= 15 is 0 Å². The zero-order valence-corrected chi connectivity index (χ0v) is 11.2. The quantitative estimate of drug-likeness (QED) is 0.618. The normalized spacial score (nSPS) is 11.6. The van der Waals surface area contributed by atoms with Crippen LogP contribution >= 0.6 is 0 Å². The smallest absolute Gasteiger partial charge is 0.265 e. The molecule has 0 radical (unpaired) electrons. The standard InChI is InChI=1S/C12H15N3O3S/c16-19(17,18)9-3-6-14-7-8-15(11-14)10-12-4-1-2-5-13-12/h1-2,4-5,7-8,11H,3,6,9-10H2/p+1. The summed E-state index contributed by atoms with van der Waals surface area (Å²) in [4.78, 5) is 4.24. The van der Waals surface area contributed by atoms with E-state index in [-0.39, 0.29) is 5.75 Å². The molecule has 2 aromatic heterocycles. The van der Waals surface area contributed by atoms with E-state index < -0.39 is 10.1 Å². The van der Waals surface area contributed by atoms with Gasteiger partial charge in [-0.2, -0.15) is 8.42 Å². The van der Waals surface area contributed by atoms with Crippen molar-refractivity contribution in [3.8, 4) is 0 Å². The van der Waals surface area contributed by atoms with Gasteiger partial charge in [-0.15, -0.1) is 0 Å². The second kappa shape index (κ2) is 5.94. The monoisotopic (exact) mass is 282 g/mol. The number of pyridine rings is 1. The second-order valence-electron chi connectivity index (χ2n) is 4.28. The van der Waals surface area contributed by atoms with Gasteiger partial charge in [0, 0.05) is 12.6 Å². The topological polar surface area (TPSA) is 76.1 Å². The summed E-state index contributed by atoms with van der Waals surface area (Å²) in [6, 6.07) is 5.75. The van der Waals surface area contributed by atoms with E-state index in [4.69, 9.17) is 4.55 Å². The van der Waals surface area contributed by atoms with Gasteiger partial charge in [-0.05, 0) is 12.1 Å². The number of hydrogen-bond acceptors (Lipinski definition) is 3. The van der Waals surface area contributed by atoms with Crippen LogP contribution in [0.5, 0.6) is 0 Å². The van der Waals surface area contributed by atoms with E-state index in [2.05, 4.69) is 4.98 Å². The zero-order valence-electron chi connectivity index (χ0n) is 10.4. The Labute approximate surface area is 112 Å². The van der Waals surface area contributed by atoms with Crippen molar-refractivity contribution >= 4 is 10.1 Å². The molecule has 0 saturated heterocycles. The Hall–Kier alpha value is -1.73. The third kappa shape index (κ3) is 4.80. The van der Waals surface area contributed by atoms with Crippen LogP contribution in [0.15, 0.2) is 43.1 Å². The van der Waals surface area contributed by atoms with Crippen LogP contribution in [-0.2, 0) is 23.2 Å². The van der Waals surface area contributed by atoms with Crippen molar-refractivity contribution in [3.05, 3.63) is 48.8 Å². The highest BCUT2D eigenvalue weighted by molar-refractivity contribution is 7.85. The summed E-state index contributed by atoms with van der Waals surface area (Å²) in [7, 11) is -3.87. The minimum atomic E-state index is -3.87. The van der Waals surface area contributed by atoms with Gasteiger partial charge in [0.15, 0.2) is 0 Å². The number of rotatable bonds is 6. The van der Waals surface area contributed by atoms with Gasteiger partial charge in [-0.1, -0.05) is 6.07 Å². The van der Waals surface area contributed by atoms with Crippen molar-refractivity contribution in [1.29, 1.82) is 0 Å². The van der Waals surface area contributed by atoms with E-state index in [1.807, 2.05) is 46.1 Å². The SMILES string of the molecule is O=S(=O)(O)CCCn1cc[n+](Cc2ccccn2)c1. The van der Waals surface area contributed by atoms with E-state index in [0.717, 1.165) is 5.69 Å². The molecule has 0 atom stereocenters. The third-order valence-corrected chi connectivity index (χ3v) is 3.44. The predicted octanol–water partition coefficient (Wildman–Crippen LogP) is 0.497. The van der Waals surface area contributed by atoms with Gasteiger partial charge >= 0.3 is 0 Å². The molecule has 2 heterocycles. The molecule has 102 valence electrons. The maximum atomic E-state index is 10.6. The van der Waals surface area contributed by atoms with Crippen LogP contribution in [0.2, 0.25) is 0 Å². The minimum absolute atomic E-state index is 0.217. The lowest BCUT2D eigenvalue weighted by molar-refractivity contribution is -0.688. The van der Waals surface area contributed by atoms with E-state index in [9.17, 15) is 8.42 Å². The Kier molecular flexibility index (Phi) is 4.28. The van der Waals surface area contributed by atoms with Crippen LogP contribution in [-0.4, -0.2) is 28.3 Å².